The van der Waals surface area contributed by atoms with Gasteiger partial charge in [0.1, 0.15) is 5.75 Å². The van der Waals surface area contributed by atoms with Gasteiger partial charge in [-0.05, 0) is 122 Å². The quantitative estimate of drug-likeness (QED) is 0.382. The van der Waals surface area contributed by atoms with E-state index < -0.39 is 0 Å². The summed E-state index contributed by atoms with van der Waals surface area (Å²) in [7, 11) is 1.58. The number of fused-ring (bicyclic) bond motifs is 5. The summed E-state index contributed by atoms with van der Waals surface area (Å²) in [5.41, 5.74) is 1.19. The Labute approximate surface area is 227 Å². The Hall–Kier alpha value is -1.30. The van der Waals surface area contributed by atoms with Crippen molar-refractivity contribution in [1.82, 2.24) is 0 Å². The van der Waals surface area contributed by atoms with Gasteiger partial charge < -0.3 is 20.3 Å². The van der Waals surface area contributed by atoms with Gasteiger partial charge in [0.25, 0.3) is 0 Å². The molecule has 5 nitrogen and oxygen atoms in total. The summed E-state index contributed by atoms with van der Waals surface area (Å²) in [5.74, 6) is 3.65. The first-order valence-electron chi connectivity index (χ1n) is 14.6. The Balaban J connectivity index is 1.22. The smallest absolute Gasteiger partial charge is 0.224 e. The van der Waals surface area contributed by atoms with E-state index in [1.165, 1.54) is 25.7 Å². The number of nitrogens with one attached hydrogen (secondary N) is 1. The van der Waals surface area contributed by atoms with E-state index >= 15 is 0 Å². The molecule has 4 saturated carbocycles. The number of halogens is 1. The summed E-state index contributed by atoms with van der Waals surface area (Å²) in [6.07, 6.45) is 9.50. The van der Waals surface area contributed by atoms with Gasteiger partial charge in [0.05, 0.1) is 24.3 Å². The van der Waals surface area contributed by atoms with Crippen LogP contribution < -0.4 is 10.1 Å². The minimum absolute atomic E-state index is 0.0256. The predicted octanol–water partition coefficient (Wildman–Crippen LogP) is 6.69. The van der Waals surface area contributed by atoms with Gasteiger partial charge in [-0.1, -0.05) is 32.4 Å². The van der Waals surface area contributed by atoms with Crippen molar-refractivity contribution in [2.75, 3.05) is 12.4 Å². The lowest BCUT2D eigenvalue weighted by molar-refractivity contribution is -0.174. The normalized spacial score (nSPS) is 41.8. The third-order valence-corrected chi connectivity index (χ3v) is 12.0. The molecular weight excluding hydrogens is 486 g/mol. The van der Waals surface area contributed by atoms with E-state index in [2.05, 4.69) is 26.1 Å². The van der Waals surface area contributed by atoms with E-state index in [-0.39, 0.29) is 28.9 Å². The zero-order chi connectivity index (χ0) is 26.5. The first-order chi connectivity index (χ1) is 17.6. The van der Waals surface area contributed by atoms with Gasteiger partial charge in [-0.15, -0.1) is 0 Å². The second-order valence-electron chi connectivity index (χ2n) is 13.4. The molecule has 0 bridgehead atoms. The van der Waals surface area contributed by atoms with E-state index in [4.69, 9.17) is 16.3 Å². The molecule has 1 aromatic carbocycles. The maximum atomic E-state index is 12.7. The maximum absolute atomic E-state index is 12.7. The molecule has 206 valence electrons. The average molecular weight is 532 g/mol. The number of amides is 1. The fourth-order valence-corrected chi connectivity index (χ4v) is 9.96. The van der Waals surface area contributed by atoms with Crippen LogP contribution >= 0.6 is 11.6 Å². The molecule has 0 unspecified atom stereocenters. The summed E-state index contributed by atoms with van der Waals surface area (Å²) < 4.78 is 5.20. The van der Waals surface area contributed by atoms with Gasteiger partial charge in [0.15, 0.2) is 0 Å². The molecule has 0 radical (unpaired) electrons. The SMILES string of the molecule is COc1ccc(NC(=O)CC[C@@H](C)[C@@H]2CC[C@@H]3[C@H]4[C@@H](CC[C@@]32C)[C@@]2(C)CC[C@@H](O)C[C@@H]2C[C@@H]4O)cc1Cl. The molecule has 0 aliphatic heterocycles. The summed E-state index contributed by atoms with van der Waals surface area (Å²) in [6.45, 7) is 7.30. The highest BCUT2D eigenvalue weighted by Crippen LogP contribution is 2.68. The van der Waals surface area contributed by atoms with Crippen molar-refractivity contribution in [1.29, 1.82) is 0 Å². The zero-order valence-electron chi connectivity index (χ0n) is 23.0. The van der Waals surface area contributed by atoms with E-state index in [1.807, 2.05) is 6.07 Å². The molecule has 0 saturated heterocycles. The Morgan fingerprint density at radius 3 is 2.57 bits per heavy atom. The van der Waals surface area contributed by atoms with Crippen molar-refractivity contribution in [3.8, 4) is 5.75 Å². The summed E-state index contributed by atoms with van der Waals surface area (Å²) in [6, 6.07) is 5.32. The standard InChI is InChI=1S/C31H46ClNO4/c1-18(5-10-28(36)33-20-6-9-27(37-4)25(32)17-20)22-7-8-23-29-24(12-14-31(22,23)3)30(2)13-11-21(34)15-19(30)16-26(29)35/h6,9,17-19,21-24,26,29,34-35H,5,7-8,10-16H2,1-4H3,(H,33,36)/t18-,19-,21-,22+,23-,24-,26+,29+,30+,31-/m1/s1. The van der Waals surface area contributed by atoms with Gasteiger partial charge in [-0.25, -0.2) is 0 Å². The van der Waals surface area contributed by atoms with Crippen molar-refractivity contribution in [2.24, 2.45) is 46.3 Å². The molecule has 10 atom stereocenters. The summed E-state index contributed by atoms with van der Waals surface area (Å²) in [5, 5.41) is 25.2. The molecule has 0 heterocycles. The molecule has 4 fully saturated rings. The average Bonchev–Trinajstić information content (AvgIpc) is 3.21. The lowest BCUT2D eigenvalue weighted by Gasteiger charge is -2.62. The van der Waals surface area contributed by atoms with E-state index in [0.717, 1.165) is 32.1 Å². The molecule has 3 N–H and O–H groups in total. The molecule has 0 spiro atoms. The minimum Gasteiger partial charge on any atom is -0.495 e. The van der Waals surface area contributed by atoms with Crippen LogP contribution in [-0.2, 0) is 4.79 Å². The second kappa shape index (κ2) is 10.4. The van der Waals surface area contributed by atoms with E-state index in [1.54, 1.807) is 19.2 Å². The Kier molecular flexibility index (Phi) is 7.63. The number of carbonyl (C=O) groups excluding carboxylic acids is 1. The van der Waals surface area contributed by atoms with Crippen molar-refractivity contribution < 1.29 is 19.7 Å². The molecule has 5 rings (SSSR count). The summed E-state index contributed by atoms with van der Waals surface area (Å²) in [4.78, 5) is 12.7. The number of aliphatic hydroxyl groups is 2. The van der Waals surface area contributed by atoms with Crippen LogP contribution in [0.5, 0.6) is 5.75 Å². The van der Waals surface area contributed by atoms with Crippen LogP contribution in [0.25, 0.3) is 0 Å². The number of hydrogen-bond donors (Lipinski definition) is 3. The largest absolute Gasteiger partial charge is 0.495 e. The molecule has 0 aromatic heterocycles. The maximum Gasteiger partial charge on any atom is 0.224 e. The lowest BCUT2D eigenvalue weighted by atomic mass is 9.43. The van der Waals surface area contributed by atoms with Gasteiger partial charge in [-0.2, -0.15) is 0 Å². The number of benzene rings is 1. The highest BCUT2D eigenvalue weighted by atomic mass is 35.5. The van der Waals surface area contributed by atoms with Crippen LogP contribution in [0.1, 0.15) is 85.0 Å². The van der Waals surface area contributed by atoms with E-state index in [0.29, 0.717) is 58.4 Å². The number of carbonyl (C=O) groups is 1. The lowest BCUT2D eigenvalue weighted by Crippen LogP contribution is -2.58. The Morgan fingerprint density at radius 2 is 1.84 bits per heavy atom. The third-order valence-electron chi connectivity index (χ3n) is 11.7. The van der Waals surface area contributed by atoms with Crippen molar-refractivity contribution in [3.05, 3.63) is 23.2 Å². The van der Waals surface area contributed by atoms with Crippen LogP contribution in [0.4, 0.5) is 5.69 Å². The topological polar surface area (TPSA) is 78.8 Å². The second-order valence-corrected chi connectivity index (χ2v) is 13.8. The fraction of sp³-hybridized carbons (Fsp3) is 0.774. The fourth-order valence-electron chi connectivity index (χ4n) is 9.70. The number of aliphatic hydroxyl groups excluding tert-OH is 2. The molecule has 37 heavy (non-hydrogen) atoms. The first kappa shape index (κ1) is 27.3. The molecule has 4 aliphatic carbocycles. The Morgan fingerprint density at radius 1 is 1.11 bits per heavy atom. The van der Waals surface area contributed by atoms with Gasteiger partial charge in [-0.3, -0.25) is 4.79 Å². The first-order valence-corrected chi connectivity index (χ1v) is 14.9. The minimum atomic E-state index is -0.242. The molecule has 1 aromatic rings. The van der Waals surface area contributed by atoms with Gasteiger partial charge >= 0.3 is 0 Å². The highest BCUT2D eigenvalue weighted by molar-refractivity contribution is 6.32. The van der Waals surface area contributed by atoms with Crippen molar-refractivity contribution in [3.63, 3.8) is 0 Å². The molecule has 1 amide bonds. The van der Waals surface area contributed by atoms with Crippen LogP contribution in [-0.4, -0.2) is 35.4 Å². The van der Waals surface area contributed by atoms with Crippen LogP contribution in [0.15, 0.2) is 18.2 Å². The Bertz CT molecular complexity index is 1000. The molecular formula is C31H46ClNO4. The number of anilines is 1. The number of methoxy groups -OCH3 is 1. The monoisotopic (exact) mass is 531 g/mol. The van der Waals surface area contributed by atoms with Crippen molar-refractivity contribution >= 4 is 23.2 Å². The van der Waals surface area contributed by atoms with E-state index in [9.17, 15) is 15.0 Å². The van der Waals surface area contributed by atoms with Gasteiger partial charge in [0.2, 0.25) is 5.91 Å². The van der Waals surface area contributed by atoms with Crippen molar-refractivity contribution in [2.45, 2.75) is 97.2 Å². The third kappa shape index (κ3) is 4.82. The molecule has 6 heteroatoms. The van der Waals surface area contributed by atoms with Crippen LogP contribution in [0.2, 0.25) is 5.02 Å². The number of hydrogen-bond acceptors (Lipinski definition) is 4. The zero-order valence-corrected chi connectivity index (χ0v) is 23.8. The highest BCUT2D eigenvalue weighted by Gasteiger charge is 2.62. The molecule has 4 aliphatic rings. The summed E-state index contributed by atoms with van der Waals surface area (Å²) >= 11 is 6.21. The van der Waals surface area contributed by atoms with Crippen LogP contribution in [0, 0.1) is 46.3 Å². The number of rotatable bonds is 6. The number of ether oxygens (including phenoxy) is 1. The van der Waals surface area contributed by atoms with Gasteiger partial charge in [0, 0.05) is 12.1 Å². The predicted molar refractivity (Wildman–Crippen MR) is 148 cm³/mol. The van der Waals surface area contributed by atoms with Crippen LogP contribution in [0.3, 0.4) is 0 Å².